The molecule has 17 nitrogen and oxygen atoms in total. The summed E-state index contributed by atoms with van der Waals surface area (Å²) in [6.45, 7) is 8.75. The molecule has 0 spiro atoms. The van der Waals surface area contributed by atoms with Gasteiger partial charge in [-0.3, -0.25) is 9.59 Å². The number of methoxy groups -OCH3 is 2. The van der Waals surface area contributed by atoms with Crippen LogP contribution in [0.4, 0.5) is 9.59 Å². The largest absolute Gasteiger partial charge is 0.490 e. The first kappa shape index (κ1) is 48.3. The van der Waals surface area contributed by atoms with Crippen molar-refractivity contribution in [2.45, 2.75) is 122 Å². The first-order valence-electron chi connectivity index (χ1n) is 25.5. The monoisotopic (exact) mass is 979 g/mol. The normalized spacial score (nSPS) is 19.7. The van der Waals surface area contributed by atoms with Crippen LogP contribution in [-0.2, 0) is 19.1 Å². The summed E-state index contributed by atoms with van der Waals surface area (Å²) in [6.07, 6.45) is 10.8. The highest BCUT2D eigenvalue weighted by Gasteiger charge is 2.39. The molecule has 10 rings (SSSR count). The average molecular weight is 980 g/mol. The number of alkyl carbamates (subject to hydrolysis) is 2. The molecule has 4 N–H and O–H groups in total. The zero-order valence-corrected chi connectivity index (χ0v) is 41.9. The number of aromatic nitrogens is 5. The van der Waals surface area contributed by atoms with E-state index in [1.165, 1.54) is 33.5 Å². The average Bonchev–Trinajstić information content (AvgIpc) is 4.26. The van der Waals surface area contributed by atoms with E-state index in [4.69, 9.17) is 28.9 Å². The molecule has 72 heavy (non-hydrogen) atoms. The van der Waals surface area contributed by atoms with Crippen molar-refractivity contribution in [2.75, 3.05) is 27.3 Å². The van der Waals surface area contributed by atoms with Gasteiger partial charge >= 0.3 is 12.2 Å². The molecule has 0 radical (unpaired) electrons. The number of hydrogen-bond acceptors (Lipinski definition) is 10. The summed E-state index contributed by atoms with van der Waals surface area (Å²) in [6, 6.07) is 21.1. The van der Waals surface area contributed by atoms with Gasteiger partial charge in [0.2, 0.25) is 18.0 Å². The van der Waals surface area contributed by atoms with Gasteiger partial charge in [0.25, 0.3) is 0 Å². The highest BCUT2D eigenvalue weighted by Crippen LogP contribution is 2.47. The summed E-state index contributed by atoms with van der Waals surface area (Å²) in [5.74, 6) is 2.33. The second kappa shape index (κ2) is 20.4. The Hall–Kier alpha value is -7.30. The van der Waals surface area contributed by atoms with Crippen LogP contribution >= 0.6 is 0 Å². The highest BCUT2D eigenvalue weighted by molar-refractivity contribution is 5.93. The number of ether oxygens (including phenoxy) is 4. The van der Waals surface area contributed by atoms with E-state index in [-0.39, 0.29) is 41.8 Å². The minimum atomic E-state index is -0.729. The zero-order chi connectivity index (χ0) is 50.2. The van der Waals surface area contributed by atoms with Crippen molar-refractivity contribution in [1.29, 1.82) is 0 Å². The molecule has 378 valence electrons. The van der Waals surface area contributed by atoms with Gasteiger partial charge in [-0.1, -0.05) is 58.4 Å². The molecule has 4 aliphatic rings. The Morgan fingerprint density at radius 3 is 1.85 bits per heavy atom. The van der Waals surface area contributed by atoms with Crippen LogP contribution in [0.3, 0.4) is 0 Å². The summed E-state index contributed by atoms with van der Waals surface area (Å²) in [4.78, 5) is 72.5. The summed E-state index contributed by atoms with van der Waals surface area (Å²) in [5, 5.41) is 6.48. The predicted molar refractivity (Wildman–Crippen MR) is 271 cm³/mol. The minimum absolute atomic E-state index is 0.135. The number of rotatable bonds is 13. The van der Waals surface area contributed by atoms with E-state index in [2.05, 4.69) is 79.8 Å². The molecule has 4 amide bonds. The number of hydrogen-bond donors (Lipinski definition) is 4. The molecule has 0 bridgehead atoms. The molecule has 3 aromatic heterocycles. The quantitative estimate of drug-likeness (QED) is 0.0864. The molecular weight excluding hydrogens is 915 g/mol. The lowest BCUT2D eigenvalue weighted by Crippen LogP contribution is -2.51. The third-order valence-electron chi connectivity index (χ3n) is 14.9. The second-order valence-corrected chi connectivity index (χ2v) is 20.3. The minimum Gasteiger partial charge on any atom is -0.490 e. The summed E-state index contributed by atoms with van der Waals surface area (Å²) in [5.41, 5.74) is 7.32. The number of carbonyl (C=O) groups excluding carboxylic acids is 4. The molecule has 3 aromatic carbocycles. The Bertz CT molecular complexity index is 2970. The first-order chi connectivity index (χ1) is 34.9. The predicted octanol–water partition coefficient (Wildman–Crippen LogP) is 9.83. The Morgan fingerprint density at radius 1 is 0.681 bits per heavy atom. The second-order valence-electron chi connectivity index (χ2n) is 20.3. The Labute approximate surface area is 419 Å². The number of aromatic amines is 2. The molecule has 1 saturated carbocycles. The van der Waals surface area contributed by atoms with Gasteiger partial charge in [0.15, 0.2) is 0 Å². The number of H-pyrrole nitrogens is 2. The van der Waals surface area contributed by atoms with Crippen molar-refractivity contribution < 1.29 is 38.1 Å². The van der Waals surface area contributed by atoms with Crippen molar-refractivity contribution in [2.24, 2.45) is 11.8 Å². The van der Waals surface area contributed by atoms with Crippen LogP contribution in [0.25, 0.3) is 44.7 Å². The summed E-state index contributed by atoms with van der Waals surface area (Å²) in [7, 11) is 2.59. The molecule has 3 fully saturated rings. The number of carbonyl (C=O) groups is 4. The standard InChI is InChI=1S/C55H65N9O8/c1-31(2)47(60-54(67)69-5)51(65)62-23-11-17-43(62)49-56-29-40(58-49)33-20-22-42-36(25-33)27-45-39-21-19-34(28-46(39)72-53(64(42)45)35-13-10-16-38(26-35)71-37-14-8-7-9-15-37)41-30-57-50(59-41)44-18-12-24-63(44)52(66)48(32(3)4)61-55(68)70-6/h10,13,16,19-22,25-32,37,43-44,47-48,53H,7-9,11-12,14-15,17-18,23-24H2,1-6H3,(H,56,58)(H,57,59)(H,60,67)(H,61,68)/t43-,44-,47-,48-,53?/m0/s1. The lowest BCUT2D eigenvalue weighted by Gasteiger charge is -2.31. The number of nitrogens with one attached hydrogen (secondary N) is 4. The van der Waals surface area contributed by atoms with Crippen molar-refractivity contribution in [3.8, 4) is 45.3 Å². The SMILES string of the molecule is COC(=O)N[C@H](C(=O)N1CCC[C@H]1c1ncc(-c2ccc3c(c2)OC(c2cccc(OC4CCCCC4)c2)n2c-3cc3cc(-c4cnc([C@@H]5CCCN5C(=O)[C@@H](NC(=O)OC)C(C)C)[nH]4)ccc32)[nH]1)C(C)C. The lowest BCUT2D eigenvalue weighted by molar-refractivity contribution is -0.136. The third-order valence-corrected chi connectivity index (χ3v) is 14.9. The van der Waals surface area contributed by atoms with Crippen LogP contribution in [0.2, 0.25) is 0 Å². The molecular formula is C55H65N9O8. The Kier molecular flexibility index (Phi) is 13.7. The zero-order valence-electron chi connectivity index (χ0n) is 41.9. The number of likely N-dealkylation sites (tertiary alicyclic amines) is 2. The maximum atomic E-state index is 13.9. The van der Waals surface area contributed by atoms with E-state index in [1.54, 1.807) is 0 Å². The van der Waals surface area contributed by atoms with E-state index in [0.29, 0.717) is 30.5 Å². The van der Waals surface area contributed by atoms with Crippen molar-refractivity contribution in [3.05, 3.63) is 96.3 Å². The fourth-order valence-corrected chi connectivity index (χ4v) is 11.1. The smallest absolute Gasteiger partial charge is 0.407 e. The topological polar surface area (TPSA) is 198 Å². The molecule has 1 aliphatic carbocycles. The lowest BCUT2D eigenvalue weighted by atomic mass is 9.98. The van der Waals surface area contributed by atoms with E-state index in [0.717, 1.165) is 94.5 Å². The highest BCUT2D eigenvalue weighted by atomic mass is 16.5. The number of imidazole rings is 2. The number of fused-ring (bicyclic) bond motifs is 5. The van der Waals surface area contributed by atoms with Crippen molar-refractivity contribution >= 4 is 34.9 Å². The maximum Gasteiger partial charge on any atom is 0.407 e. The van der Waals surface area contributed by atoms with Gasteiger partial charge in [-0.2, -0.15) is 0 Å². The molecule has 5 atom stereocenters. The van der Waals surface area contributed by atoms with Gasteiger partial charge in [-0.25, -0.2) is 19.6 Å². The Morgan fingerprint density at radius 2 is 1.26 bits per heavy atom. The van der Waals surface area contributed by atoms with E-state index in [1.807, 2.05) is 62.0 Å². The van der Waals surface area contributed by atoms with Crippen LogP contribution in [0.15, 0.2) is 79.1 Å². The molecule has 17 heteroatoms. The molecule has 6 heterocycles. The fourth-order valence-electron chi connectivity index (χ4n) is 11.1. The number of amides is 4. The van der Waals surface area contributed by atoms with Crippen LogP contribution < -0.4 is 20.1 Å². The van der Waals surface area contributed by atoms with Crippen LogP contribution in [0.5, 0.6) is 11.5 Å². The van der Waals surface area contributed by atoms with E-state index in [9.17, 15) is 19.2 Å². The third kappa shape index (κ3) is 9.48. The van der Waals surface area contributed by atoms with Gasteiger partial charge in [0.05, 0.1) is 67.4 Å². The summed E-state index contributed by atoms with van der Waals surface area (Å²) >= 11 is 0. The van der Waals surface area contributed by atoms with Gasteiger partial charge in [0, 0.05) is 40.7 Å². The molecule has 6 aromatic rings. The fraction of sp³-hybridized carbons (Fsp3) is 0.455. The van der Waals surface area contributed by atoms with E-state index >= 15 is 0 Å². The molecule has 2 saturated heterocycles. The van der Waals surface area contributed by atoms with Crippen LogP contribution in [-0.4, -0.2) is 104 Å². The number of benzene rings is 3. The van der Waals surface area contributed by atoms with Crippen molar-refractivity contribution in [1.82, 2.24) is 44.9 Å². The first-order valence-corrected chi connectivity index (χ1v) is 25.5. The van der Waals surface area contributed by atoms with Gasteiger partial charge in [0.1, 0.15) is 35.2 Å². The van der Waals surface area contributed by atoms with Gasteiger partial charge < -0.3 is 53.9 Å². The molecule has 1 unspecified atom stereocenters. The maximum absolute atomic E-state index is 13.9. The number of nitrogens with zero attached hydrogens (tertiary/aromatic N) is 5. The molecule has 3 aliphatic heterocycles. The van der Waals surface area contributed by atoms with Gasteiger partial charge in [-0.15, -0.1) is 0 Å². The van der Waals surface area contributed by atoms with Crippen LogP contribution in [0, 0.1) is 11.8 Å². The van der Waals surface area contributed by atoms with Crippen LogP contribution in [0.1, 0.15) is 121 Å². The Balaban J connectivity index is 0.966. The van der Waals surface area contributed by atoms with Crippen molar-refractivity contribution in [3.63, 3.8) is 0 Å². The van der Waals surface area contributed by atoms with E-state index < -0.39 is 30.5 Å². The van der Waals surface area contributed by atoms with Gasteiger partial charge in [-0.05, 0) is 106 Å². The summed E-state index contributed by atoms with van der Waals surface area (Å²) < 4.78 is 25.6.